The maximum Gasteiger partial charge on any atom is 0.325 e. The molecule has 0 aliphatic heterocycles. The molecule has 2 rings (SSSR count). The Balaban J connectivity index is 2.38. The monoisotopic (exact) mass is 319 g/mol. The number of benzene rings is 2. The molecular formula is C16H14FNO3S. The van der Waals surface area contributed by atoms with Crippen LogP contribution < -0.4 is 5.73 Å². The number of hydrogen-bond acceptors (Lipinski definition) is 4. The Kier molecular flexibility index (Phi) is 4.95. The van der Waals surface area contributed by atoms with Crippen molar-refractivity contribution in [2.75, 3.05) is 6.26 Å². The van der Waals surface area contributed by atoms with E-state index in [1.54, 1.807) is 36.0 Å². The molecule has 4 nitrogen and oxygen atoms in total. The van der Waals surface area contributed by atoms with Crippen LogP contribution >= 0.6 is 11.8 Å². The Morgan fingerprint density at radius 2 is 1.77 bits per heavy atom. The zero-order valence-corrected chi connectivity index (χ0v) is 12.6. The van der Waals surface area contributed by atoms with Crippen molar-refractivity contribution in [3.8, 4) is 0 Å². The van der Waals surface area contributed by atoms with Crippen molar-refractivity contribution in [3.05, 3.63) is 65.0 Å². The van der Waals surface area contributed by atoms with Crippen molar-refractivity contribution in [2.45, 2.75) is 10.9 Å². The van der Waals surface area contributed by atoms with E-state index >= 15 is 0 Å². The minimum atomic E-state index is -1.37. The summed E-state index contributed by atoms with van der Waals surface area (Å²) in [5.74, 6) is -2.36. The van der Waals surface area contributed by atoms with Crippen LogP contribution in [0.15, 0.2) is 47.4 Å². The molecule has 0 aliphatic rings. The lowest BCUT2D eigenvalue weighted by molar-refractivity contribution is -0.138. The van der Waals surface area contributed by atoms with E-state index in [1.165, 1.54) is 6.07 Å². The summed E-state index contributed by atoms with van der Waals surface area (Å²) in [6, 6.07) is 8.91. The van der Waals surface area contributed by atoms with Gasteiger partial charge >= 0.3 is 5.97 Å². The van der Waals surface area contributed by atoms with Gasteiger partial charge in [0.15, 0.2) is 5.78 Å². The number of halogens is 1. The largest absolute Gasteiger partial charge is 0.480 e. The number of thioether (sulfide) groups is 1. The molecule has 0 fully saturated rings. The summed E-state index contributed by atoms with van der Waals surface area (Å²) < 4.78 is 13.6. The van der Waals surface area contributed by atoms with Gasteiger partial charge in [0.2, 0.25) is 0 Å². The van der Waals surface area contributed by atoms with Crippen LogP contribution in [-0.2, 0) is 4.79 Å². The summed E-state index contributed by atoms with van der Waals surface area (Å²) in [5.41, 5.74) is 6.00. The van der Waals surface area contributed by atoms with E-state index < -0.39 is 17.8 Å². The highest BCUT2D eigenvalue weighted by Gasteiger charge is 2.18. The Hall–Kier alpha value is -2.18. The van der Waals surface area contributed by atoms with E-state index in [9.17, 15) is 14.0 Å². The average Bonchev–Trinajstić information content (AvgIpc) is 2.52. The maximum absolute atomic E-state index is 13.6. The summed E-state index contributed by atoms with van der Waals surface area (Å²) >= 11 is 1.54. The third-order valence-corrected chi connectivity index (χ3v) is 3.90. The second-order valence-electron chi connectivity index (χ2n) is 4.65. The van der Waals surface area contributed by atoms with Crippen LogP contribution in [0.2, 0.25) is 0 Å². The van der Waals surface area contributed by atoms with Crippen molar-refractivity contribution in [1.29, 1.82) is 0 Å². The highest BCUT2D eigenvalue weighted by molar-refractivity contribution is 7.98. The molecule has 22 heavy (non-hydrogen) atoms. The smallest absolute Gasteiger partial charge is 0.325 e. The zero-order valence-electron chi connectivity index (χ0n) is 11.7. The van der Waals surface area contributed by atoms with Gasteiger partial charge in [-0.3, -0.25) is 9.59 Å². The third-order valence-electron chi connectivity index (χ3n) is 3.16. The van der Waals surface area contributed by atoms with Crippen LogP contribution in [0, 0.1) is 5.82 Å². The number of carboxylic acid groups (broad SMARTS) is 1. The lowest BCUT2D eigenvalue weighted by Crippen LogP contribution is -2.21. The van der Waals surface area contributed by atoms with Gasteiger partial charge in [-0.2, -0.15) is 0 Å². The van der Waals surface area contributed by atoms with Crippen molar-refractivity contribution < 1.29 is 19.1 Å². The number of ketones is 1. The normalized spacial score (nSPS) is 12.0. The number of carbonyl (C=O) groups excluding carboxylic acids is 1. The molecule has 0 saturated heterocycles. The molecule has 114 valence electrons. The summed E-state index contributed by atoms with van der Waals surface area (Å²) in [5, 5.41) is 8.90. The van der Waals surface area contributed by atoms with Crippen LogP contribution in [0.1, 0.15) is 27.5 Å². The second kappa shape index (κ2) is 6.72. The minimum absolute atomic E-state index is 0.0524. The first kappa shape index (κ1) is 16.2. The molecular weight excluding hydrogens is 305 g/mol. The van der Waals surface area contributed by atoms with Gasteiger partial charge in [0, 0.05) is 16.0 Å². The molecule has 2 aromatic rings. The minimum Gasteiger partial charge on any atom is -0.480 e. The van der Waals surface area contributed by atoms with Gasteiger partial charge in [-0.1, -0.05) is 0 Å². The van der Waals surface area contributed by atoms with E-state index in [2.05, 4.69) is 0 Å². The molecule has 0 spiro atoms. The van der Waals surface area contributed by atoms with E-state index in [0.29, 0.717) is 5.56 Å². The number of carboxylic acids is 1. The summed E-state index contributed by atoms with van der Waals surface area (Å²) in [6.45, 7) is 0. The van der Waals surface area contributed by atoms with Gasteiger partial charge in [0.25, 0.3) is 0 Å². The highest BCUT2D eigenvalue weighted by Crippen LogP contribution is 2.20. The van der Waals surface area contributed by atoms with Crippen molar-refractivity contribution in [1.82, 2.24) is 0 Å². The van der Waals surface area contributed by atoms with Crippen LogP contribution in [0.5, 0.6) is 0 Å². The molecule has 0 amide bonds. The molecule has 1 unspecified atom stereocenters. The molecule has 3 N–H and O–H groups in total. The van der Waals surface area contributed by atoms with Crippen molar-refractivity contribution >= 4 is 23.5 Å². The maximum atomic E-state index is 13.6. The molecule has 0 bridgehead atoms. The van der Waals surface area contributed by atoms with E-state index in [1.807, 2.05) is 6.26 Å². The van der Waals surface area contributed by atoms with E-state index in [0.717, 1.165) is 17.0 Å². The van der Waals surface area contributed by atoms with Crippen LogP contribution in [-0.4, -0.2) is 23.1 Å². The van der Waals surface area contributed by atoms with Gasteiger partial charge in [-0.15, -0.1) is 11.8 Å². The lowest BCUT2D eigenvalue weighted by atomic mass is 9.98. The molecule has 0 saturated carbocycles. The Labute approximate surface area is 131 Å². The van der Waals surface area contributed by atoms with Crippen molar-refractivity contribution in [3.63, 3.8) is 0 Å². The predicted octanol–water partition coefficient (Wildman–Crippen LogP) is 2.86. The van der Waals surface area contributed by atoms with E-state index in [-0.39, 0.29) is 16.9 Å². The number of hydrogen-bond donors (Lipinski definition) is 2. The van der Waals surface area contributed by atoms with Gasteiger partial charge in [-0.25, -0.2) is 4.39 Å². The van der Waals surface area contributed by atoms with Gasteiger partial charge < -0.3 is 10.8 Å². The molecule has 0 aliphatic carbocycles. The quantitative estimate of drug-likeness (QED) is 0.654. The van der Waals surface area contributed by atoms with Gasteiger partial charge in [-0.05, 0) is 54.3 Å². The van der Waals surface area contributed by atoms with Gasteiger partial charge in [0.1, 0.15) is 11.9 Å². The van der Waals surface area contributed by atoms with E-state index in [4.69, 9.17) is 10.8 Å². The molecule has 1 atom stereocenters. The number of aliphatic carboxylic acids is 1. The standard InChI is InChI=1S/C16H14FNO3S/c1-22-13-4-2-9(3-5-13)15(19)11-6-10(7-12(17)8-11)14(18)16(20)21/h2-8,14H,18H2,1H3,(H,20,21). The molecule has 0 heterocycles. The zero-order chi connectivity index (χ0) is 16.3. The van der Waals surface area contributed by atoms with Gasteiger partial charge in [0.05, 0.1) is 0 Å². The first-order chi connectivity index (χ1) is 10.4. The molecule has 2 aromatic carbocycles. The fraction of sp³-hybridized carbons (Fsp3) is 0.125. The fourth-order valence-electron chi connectivity index (χ4n) is 1.97. The lowest BCUT2D eigenvalue weighted by Gasteiger charge is -2.09. The first-order valence-corrected chi connectivity index (χ1v) is 7.62. The SMILES string of the molecule is CSc1ccc(C(=O)c2cc(F)cc(C(N)C(=O)O)c2)cc1. The van der Waals surface area contributed by atoms with Crippen LogP contribution in [0.3, 0.4) is 0 Å². The second-order valence-corrected chi connectivity index (χ2v) is 5.53. The number of nitrogens with two attached hydrogens (primary N) is 1. The predicted molar refractivity (Wildman–Crippen MR) is 82.6 cm³/mol. The molecule has 6 heteroatoms. The fourth-order valence-corrected chi connectivity index (χ4v) is 2.38. The Morgan fingerprint density at radius 1 is 1.14 bits per heavy atom. The highest BCUT2D eigenvalue weighted by atomic mass is 32.2. The number of carbonyl (C=O) groups is 2. The van der Waals surface area contributed by atoms with Crippen LogP contribution in [0.4, 0.5) is 4.39 Å². The summed E-state index contributed by atoms with van der Waals surface area (Å²) in [4.78, 5) is 24.3. The first-order valence-electron chi connectivity index (χ1n) is 6.40. The number of rotatable bonds is 5. The molecule has 0 aromatic heterocycles. The Morgan fingerprint density at radius 3 is 2.32 bits per heavy atom. The summed E-state index contributed by atoms with van der Waals surface area (Å²) in [6.07, 6.45) is 1.92. The average molecular weight is 319 g/mol. The molecule has 0 radical (unpaired) electrons. The third kappa shape index (κ3) is 3.52. The summed E-state index contributed by atoms with van der Waals surface area (Å²) in [7, 11) is 0. The Bertz CT molecular complexity index is 716. The van der Waals surface area contributed by atoms with Crippen LogP contribution in [0.25, 0.3) is 0 Å². The topological polar surface area (TPSA) is 80.4 Å². The van der Waals surface area contributed by atoms with Crippen molar-refractivity contribution in [2.24, 2.45) is 5.73 Å².